The van der Waals surface area contributed by atoms with Crippen LogP contribution in [0.1, 0.15) is 30.7 Å². The zero-order chi connectivity index (χ0) is 20.5. The molecule has 0 fully saturated rings. The lowest BCUT2D eigenvalue weighted by Gasteiger charge is -2.43. The lowest BCUT2D eigenvalue weighted by atomic mass is 9.56. The van der Waals surface area contributed by atoms with Crippen LogP contribution in [0.4, 0.5) is 0 Å². The SMILES string of the molecule is COc1cc(OC)c([C@H]2[C@@H]3CCCC=C3C(C#N)=C(N)C2(C#N)C#N)cc1Br. The smallest absolute Gasteiger partial charge is 0.191 e. The van der Waals surface area contributed by atoms with Crippen molar-refractivity contribution in [3.8, 4) is 29.7 Å². The van der Waals surface area contributed by atoms with Crippen molar-refractivity contribution in [1.82, 2.24) is 0 Å². The van der Waals surface area contributed by atoms with E-state index in [0.29, 0.717) is 21.5 Å². The summed E-state index contributed by atoms with van der Waals surface area (Å²) in [5.74, 6) is 0.349. The number of allylic oxidation sites excluding steroid dienone is 4. The van der Waals surface area contributed by atoms with Crippen molar-refractivity contribution in [2.75, 3.05) is 14.2 Å². The molecule has 7 heteroatoms. The Morgan fingerprint density at radius 2 is 1.82 bits per heavy atom. The van der Waals surface area contributed by atoms with Gasteiger partial charge in [0.2, 0.25) is 0 Å². The highest BCUT2D eigenvalue weighted by Crippen LogP contribution is 2.57. The minimum Gasteiger partial charge on any atom is -0.496 e. The van der Waals surface area contributed by atoms with Crippen molar-refractivity contribution < 1.29 is 9.47 Å². The van der Waals surface area contributed by atoms with E-state index in [9.17, 15) is 15.8 Å². The number of nitriles is 3. The van der Waals surface area contributed by atoms with Crippen molar-refractivity contribution >= 4 is 15.9 Å². The molecule has 0 spiro atoms. The van der Waals surface area contributed by atoms with Crippen LogP contribution in [0.2, 0.25) is 0 Å². The van der Waals surface area contributed by atoms with Gasteiger partial charge in [-0.15, -0.1) is 0 Å². The number of methoxy groups -OCH3 is 2. The van der Waals surface area contributed by atoms with Gasteiger partial charge in [-0.05, 0) is 52.7 Å². The Morgan fingerprint density at radius 3 is 2.39 bits per heavy atom. The molecular weight excluding hydrogens is 420 g/mol. The highest BCUT2D eigenvalue weighted by atomic mass is 79.9. The van der Waals surface area contributed by atoms with Crippen LogP contribution in [0, 0.1) is 45.3 Å². The molecule has 0 amide bonds. The van der Waals surface area contributed by atoms with Crippen molar-refractivity contribution in [2.24, 2.45) is 17.1 Å². The predicted octanol–water partition coefficient (Wildman–Crippen LogP) is 4.06. The number of hydrogen-bond donors (Lipinski definition) is 1. The van der Waals surface area contributed by atoms with Gasteiger partial charge in [-0.2, -0.15) is 15.8 Å². The van der Waals surface area contributed by atoms with Crippen LogP contribution < -0.4 is 15.2 Å². The molecule has 0 heterocycles. The van der Waals surface area contributed by atoms with Gasteiger partial charge in [-0.3, -0.25) is 0 Å². The lowest BCUT2D eigenvalue weighted by molar-refractivity contribution is 0.304. The Hall–Kier alpha value is -2.95. The summed E-state index contributed by atoms with van der Waals surface area (Å²) >= 11 is 3.49. The first kappa shape index (κ1) is 19.8. The quantitative estimate of drug-likeness (QED) is 0.759. The Morgan fingerprint density at radius 1 is 1.14 bits per heavy atom. The zero-order valence-electron chi connectivity index (χ0n) is 15.6. The maximum atomic E-state index is 10.1. The monoisotopic (exact) mass is 438 g/mol. The van der Waals surface area contributed by atoms with E-state index in [1.165, 1.54) is 7.11 Å². The van der Waals surface area contributed by atoms with E-state index in [1.54, 1.807) is 13.2 Å². The second kappa shape index (κ2) is 7.58. The van der Waals surface area contributed by atoms with Gasteiger partial charge in [0.1, 0.15) is 17.6 Å². The molecule has 0 radical (unpaired) electrons. The maximum Gasteiger partial charge on any atom is 0.191 e. The standard InChI is InChI=1S/C21H19BrN4O2/c1-27-17-8-18(28-2)16(22)7-14(17)19-13-6-4-3-5-12(13)15(9-23)20(26)21(19,10-24)11-25/h5,7-8,13,19H,3-4,6,26H2,1-2H3/t13-,19-/m1/s1. The summed E-state index contributed by atoms with van der Waals surface area (Å²) in [5, 5.41) is 29.9. The molecule has 2 N–H and O–H groups in total. The average Bonchev–Trinajstić information content (AvgIpc) is 2.73. The van der Waals surface area contributed by atoms with E-state index >= 15 is 0 Å². The van der Waals surface area contributed by atoms with Gasteiger partial charge in [-0.1, -0.05) is 6.08 Å². The largest absolute Gasteiger partial charge is 0.496 e. The molecule has 28 heavy (non-hydrogen) atoms. The van der Waals surface area contributed by atoms with Crippen LogP contribution >= 0.6 is 15.9 Å². The fraction of sp³-hybridized carbons (Fsp3) is 0.381. The molecule has 0 saturated heterocycles. The Labute approximate surface area is 172 Å². The number of nitrogens with two attached hydrogens (primary N) is 1. The molecule has 0 bridgehead atoms. The third-order valence-electron chi connectivity index (χ3n) is 5.64. The van der Waals surface area contributed by atoms with Gasteiger partial charge in [-0.25, -0.2) is 0 Å². The van der Waals surface area contributed by atoms with Crippen molar-refractivity contribution in [3.05, 3.63) is 45.1 Å². The van der Waals surface area contributed by atoms with Crippen LogP contribution in [0.15, 0.2) is 39.5 Å². The van der Waals surface area contributed by atoms with Crippen LogP contribution in [0.5, 0.6) is 11.5 Å². The van der Waals surface area contributed by atoms with Crippen LogP contribution in [-0.4, -0.2) is 14.2 Å². The molecule has 0 aliphatic heterocycles. The Balaban J connectivity index is 2.38. The molecule has 2 atom stereocenters. The summed E-state index contributed by atoms with van der Waals surface area (Å²) in [5.41, 5.74) is 6.44. The molecule has 3 rings (SSSR count). The summed E-state index contributed by atoms with van der Waals surface area (Å²) in [6.07, 6.45) is 4.52. The van der Waals surface area contributed by atoms with Gasteiger partial charge in [0.05, 0.1) is 42.1 Å². The van der Waals surface area contributed by atoms with Crippen LogP contribution in [0.3, 0.4) is 0 Å². The Bertz CT molecular complexity index is 993. The lowest BCUT2D eigenvalue weighted by Crippen LogP contribution is -2.42. The number of benzene rings is 1. The minimum absolute atomic E-state index is 0.0170. The molecule has 6 nitrogen and oxygen atoms in total. The average molecular weight is 439 g/mol. The van der Waals surface area contributed by atoms with Crippen molar-refractivity contribution in [2.45, 2.75) is 25.2 Å². The van der Waals surface area contributed by atoms with E-state index in [0.717, 1.165) is 24.8 Å². The van der Waals surface area contributed by atoms with Gasteiger partial charge >= 0.3 is 0 Å². The first-order valence-corrected chi connectivity index (χ1v) is 9.63. The predicted molar refractivity (Wildman–Crippen MR) is 106 cm³/mol. The molecule has 1 aromatic rings. The van der Waals surface area contributed by atoms with Gasteiger partial charge in [0.25, 0.3) is 0 Å². The van der Waals surface area contributed by atoms with E-state index < -0.39 is 11.3 Å². The summed E-state index contributed by atoms with van der Waals surface area (Å²) < 4.78 is 11.6. The van der Waals surface area contributed by atoms with Crippen LogP contribution in [0.25, 0.3) is 0 Å². The first-order valence-electron chi connectivity index (χ1n) is 8.83. The molecule has 2 aliphatic carbocycles. The van der Waals surface area contributed by atoms with Crippen molar-refractivity contribution in [3.63, 3.8) is 0 Å². The van der Waals surface area contributed by atoms with Gasteiger partial charge < -0.3 is 15.2 Å². The van der Waals surface area contributed by atoms with E-state index in [1.807, 2.05) is 12.1 Å². The van der Waals surface area contributed by atoms with Crippen LogP contribution in [-0.2, 0) is 0 Å². The second-order valence-corrected chi connectivity index (χ2v) is 7.69. The summed E-state index contributed by atoms with van der Waals surface area (Å²) in [6.45, 7) is 0. The second-order valence-electron chi connectivity index (χ2n) is 6.84. The third kappa shape index (κ3) is 2.73. The van der Waals surface area contributed by atoms with Crippen molar-refractivity contribution in [1.29, 1.82) is 15.8 Å². The Kier molecular flexibility index (Phi) is 5.36. The van der Waals surface area contributed by atoms with Gasteiger partial charge in [0.15, 0.2) is 5.41 Å². The topological polar surface area (TPSA) is 116 Å². The summed E-state index contributed by atoms with van der Waals surface area (Å²) in [7, 11) is 3.09. The van der Waals surface area contributed by atoms with E-state index in [4.69, 9.17) is 15.2 Å². The molecule has 0 saturated carbocycles. The molecule has 2 aliphatic rings. The number of hydrogen-bond acceptors (Lipinski definition) is 6. The third-order valence-corrected chi connectivity index (χ3v) is 6.26. The fourth-order valence-electron chi connectivity index (χ4n) is 4.34. The molecule has 0 unspecified atom stereocenters. The number of rotatable bonds is 3. The van der Waals surface area contributed by atoms with E-state index in [-0.39, 0.29) is 17.2 Å². The number of halogens is 1. The molecule has 1 aromatic carbocycles. The summed E-state index contributed by atoms with van der Waals surface area (Å²) in [6, 6.07) is 9.95. The molecule has 0 aromatic heterocycles. The fourth-order valence-corrected chi connectivity index (χ4v) is 4.87. The minimum atomic E-state index is -1.66. The van der Waals surface area contributed by atoms with Gasteiger partial charge in [0, 0.05) is 17.5 Å². The maximum absolute atomic E-state index is 10.1. The number of ether oxygens (including phenoxy) is 2. The number of fused-ring (bicyclic) bond motifs is 1. The number of nitrogens with zero attached hydrogens (tertiary/aromatic N) is 3. The van der Waals surface area contributed by atoms with E-state index in [2.05, 4.69) is 34.1 Å². The first-order chi connectivity index (χ1) is 13.5. The zero-order valence-corrected chi connectivity index (χ0v) is 17.2. The summed E-state index contributed by atoms with van der Waals surface area (Å²) in [4.78, 5) is 0. The highest BCUT2D eigenvalue weighted by Gasteiger charge is 2.54. The highest BCUT2D eigenvalue weighted by molar-refractivity contribution is 9.10. The molecular formula is C21H19BrN4O2. The molecule has 142 valence electrons. The normalized spacial score (nSPS) is 22.8.